The van der Waals surface area contributed by atoms with Crippen LogP contribution in [0.4, 0.5) is 5.00 Å². The number of nitrogens with zero attached hydrogens (tertiary/aromatic N) is 2. The number of carbonyl (C=O) groups is 1. The SMILES string of the molecule is O=C(CCCCCl)Nc1cnns1. The third-order valence-corrected chi connectivity index (χ3v) is 2.26. The Morgan fingerprint density at radius 1 is 1.62 bits per heavy atom. The summed E-state index contributed by atoms with van der Waals surface area (Å²) in [6, 6.07) is 0. The van der Waals surface area contributed by atoms with Crippen LogP contribution >= 0.6 is 23.1 Å². The fraction of sp³-hybridized carbons (Fsp3) is 0.571. The number of unbranched alkanes of at least 4 members (excludes halogenated alkanes) is 1. The van der Waals surface area contributed by atoms with Gasteiger partial charge in [-0.2, -0.15) is 0 Å². The Labute approximate surface area is 85.5 Å². The van der Waals surface area contributed by atoms with Gasteiger partial charge in [0, 0.05) is 23.8 Å². The first-order valence-corrected chi connectivity index (χ1v) is 5.27. The number of aromatic nitrogens is 2. The predicted octanol–water partition coefficient (Wildman–Crippen LogP) is 1.89. The second-order valence-corrected chi connectivity index (χ2v) is 3.64. The molecule has 0 fully saturated rings. The van der Waals surface area contributed by atoms with E-state index < -0.39 is 0 Å². The zero-order chi connectivity index (χ0) is 9.52. The van der Waals surface area contributed by atoms with Gasteiger partial charge in [0.15, 0.2) is 0 Å². The fourth-order valence-corrected chi connectivity index (χ4v) is 1.43. The van der Waals surface area contributed by atoms with E-state index in [1.165, 1.54) is 17.7 Å². The maximum atomic E-state index is 11.2. The summed E-state index contributed by atoms with van der Waals surface area (Å²) in [6.45, 7) is 0. The second-order valence-electron chi connectivity index (χ2n) is 2.48. The van der Waals surface area contributed by atoms with Crippen molar-refractivity contribution in [3.05, 3.63) is 6.20 Å². The first-order chi connectivity index (χ1) is 6.33. The molecule has 0 atom stereocenters. The summed E-state index contributed by atoms with van der Waals surface area (Å²) in [5.74, 6) is 0.603. The molecule has 72 valence electrons. The first kappa shape index (κ1) is 10.4. The summed E-state index contributed by atoms with van der Waals surface area (Å²) in [6.07, 6.45) is 3.73. The molecule has 1 aromatic heterocycles. The third kappa shape index (κ3) is 4.19. The number of carbonyl (C=O) groups excluding carboxylic acids is 1. The average molecular weight is 220 g/mol. The topological polar surface area (TPSA) is 54.9 Å². The van der Waals surface area contributed by atoms with E-state index in [4.69, 9.17) is 11.6 Å². The second kappa shape index (κ2) is 5.88. The molecule has 0 aromatic carbocycles. The third-order valence-electron chi connectivity index (χ3n) is 1.41. The molecule has 0 aliphatic rings. The van der Waals surface area contributed by atoms with Crippen LogP contribution in [-0.4, -0.2) is 21.4 Å². The summed E-state index contributed by atoms with van der Waals surface area (Å²) in [5, 5.41) is 6.99. The summed E-state index contributed by atoms with van der Waals surface area (Å²) in [4.78, 5) is 11.2. The number of rotatable bonds is 5. The van der Waals surface area contributed by atoms with Crippen LogP contribution in [0.15, 0.2) is 6.20 Å². The van der Waals surface area contributed by atoms with Crippen LogP contribution in [0.1, 0.15) is 19.3 Å². The number of alkyl halides is 1. The van der Waals surface area contributed by atoms with Gasteiger partial charge in [-0.1, -0.05) is 4.49 Å². The van der Waals surface area contributed by atoms with E-state index in [-0.39, 0.29) is 5.91 Å². The molecule has 1 rings (SSSR count). The molecule has 13 heavy (non-hydrogen) atoms. The van der Waals surface area contributed by atoms with Gasteiger partial charge in [-0.05, 0) is 12.8 Å². The van der Waals surface area contributed by atoms with Crippen LogP contribution in [0.5, 0.6) is 0 Å². The average Bonchev–Trinajstić information content (AvgIpc) is 2.57. The summed E-state index contributed by atoms with van der Waals surface area (Å²) >= 11 is 6.65. The Morgan fingerprint density at radius 2 is 2.46 bits per heavy atom. The van der Waals surface area contributed by atoms with Crippen LogP contribution in [-0.2, 0) is 4.79 Å². The van der Waals surface area contributed by atoms with Gasteiger partial charge in [0.2, 0.25) is 5.91 Å². The van der Waals surface area contributed by atoms with Crippen molar-refractivity contribution in [2.75, 3.05) is 11.2 Å². The number of anilines is 1. The molecular formula is C7H10ClN3OS. The Bertz CT molecular complexity index is 252. The van der Waals surface area contributed by atoms with E-state index in [2.05, 4.69) is 14.9 Å². The molecule has 0 aliphatic heterocycles. The number of halogens is 1. The van der Waals surface area contributed by atoms with E-state index >= 15 is 0 Å². The van der Waals surface area contributed by atoms with Gasteiger partial charge in [0.25, 0.3) is 0 Å². The highest BCUT2D eigenvalue weighted by atomic mass is 35.5. The van der Waals surface area contributed by atoms with E-state index in [1.807, 2.05) is 0 Å². The standard InChI is InChI=1S/C7H10ClN3OS/c8-4-2-1-3-6(12)10-7-5-9-11-13-7/h5H,1-4H2,(H,10,12). The lowest BCUT2D eigenvalue weighted by Crippen LogP contribution is -2.09. The molecule has 1 N–H and O–H groups in total. The van der Waals surface area contributed by atoms with Gasteiger partial charge in [-0.3, -0.25) is 4.79 Å². The molecule has 0 unspecified atom stereocenters. The molecule has 0 spiro atoms. The van der Waals surface area contributed by atoms with Crippen LogP contribution in [0, 0.1) is 0 Å². The van der Waals surface area contributed by atoms with Crippen molar-refractivity contribution in [3.63, 3.8) is 0 Å². The molecule has 1 amide bonds. The zero-order valence-electron chi connectivity index (χ0n) is 6.99. The van der Waals surface area contributed by atoms with Crippen LogP contribution < -0.4 is 5.32 Å². The number of amides is 1. The number of nitrogens with one attached hydrogen (secondary N) is 1. The molecule has 0 saturated heterocycles. The molecular weight excluding hydrogens is 210 g/mol. The minimum atomic E-state index is -0.00355. The molecule has 0 saturated carbocycles. The zero-order valence-corrected chi connectivity index (χ0v) is 8.57. The van der Waals surface area contributed by atoms with E-state index in [0.29, 0.717) is 17.3 Å². The highest BCUT2D eigenvalue weighted by Crippen LogP contribution is 2.10. The van der Waals surface area contributed by atoms with Crippen molar-refractivity contribution in [2.45, 2.75) is 19.3 Å². The highest BCUT2D eigenvalue weighted by molar-refractivity contribution is 7.10. The van der Waals surface area contributed by atoms with Crippen LogP contribution in [0.25, 0.3) is 0 Å². The fourth-order valence-electron chi connectivity index (χ4n) is 0.802. The van der Waals surface area contributed by atoms with Crippen molar-refractivity contribution >= 4 is 34.0 Å². The Morgan fingerprint density at radius 3 is 3.08 bits per heavy atom. The highest BCUT2D eigenvalue weighted by Gasteiger charge is 2.02. The van der Waals surface area contributed by atoms with Gasteiger partial charge >= 0.3 is 0 Å². The van der Waals surface area contributed by atoms with Crippen molar-refractivity contribution in [1.82, 2.24) is 9.59 Å². The van der Waals surface area contributed by atoms with Gasteiger partial charge < -0.3 is 5.32 Å². The summed E-state index contributed by atoms with van der Waals surface area (Å²) in [7, 11) is 0. The molecule has 1 aromatic rings. The maximum Gasteiger partial charge on any atom is 0.225 e. The van der Waals surface area contributed by atoms with Crippen molar-refractivity contribution in [3.8, 4) is 0 Å². The van der Waals surface area contributed by atoms with Gasteiger partial charge in [-0.15, -0.1) is 16.7 Å². The van der Waals surface area contributed by atoms with Crippen molar-refractivity contribution in [2.24, 2.45) is 0 Å². The summed E-state index contributed by atoms with van der Waals surface area (Å²) < 4.78 is 3.63. The molecule has 4 nitrogen and oxygen atoms in total. The van der Waals surface area contributed by atoms with E-state index in [0.717, 1.165) is 12.8 Å². The molecule has 6 heteroatoms. The summed E-state index contributed by atoms with van der Waals surface area (Å²) in [5.41, 5.74) is 0. The van der Waals surface area contributed by atoms with Crippen LogP contribution in [0.3, 0.4) is 0 Å². The molecule has 0 bridgehead atoms. The van der Waals surface area contributed by atoms with Crippen LogP contribution in [0.2, 0.25) is 0 Å². The lowest BCUT2D eigenvalue weighted by atomic mass is 10.2. The van der Waals surface area contributed by atoms with Crippen molar-refractivity contribution < 1.29 is 4.79 Å². The minimum Gasteiger partial charge on any atom is -0.315 e. The largest absolute Gasteiger partial charge is 0.315 e. The quantitative estimate of drug-likeness (QED) is 0.608. The molecule has 1 heterocycles. The Kier molecular flexibility index (Phi) is 4.70. The Hall–Kier alpha value is -0.680. The normalized spacial score (nSPS) is 9.92. The number of hydrogen-bond donors (Lipinski definition) is 1. The Balaban J connectivity index is 2.18. The minimum absolute atomic E-state index is 0.00355. The van der Waals surface area contributed by atoms with E-state index in [1.54, 1.807) is 0 Å². The maximum absolute atomic E-state index is 11.2. The smallest absolute Gasteiger partial charge is 0.225 e. The van der Waals surface area contributed by atoms with Gasteiger partial charge in [0.1, 0.15) is 5.00 Å². The first-order valence-electron chi connectivity index (χ1n) is 3.96. The number of hydrogen-bond acceptors (Lipinski definition) is 4. The lowest BCUT2D eigenvalue weighted by Gasteiger charge is -1.99. The van der Waals surface area contributed by atoms with Crippen molar-refractivity contribution in [1.29, 1.82) is 0 Å². The monoisotopic (exact) mass is 219 g/mol. The van der Waals surface area contributed by atoms with Gasteiger partial charge in [-0.25, -0.2) is 0 Å². The van der Waals surface area contributed by atoms with Gasteiger partial charge in [0.05, 0.1) is 6.20 Å². The molecule has 0 aliphatic carbocycles. The lowest BCUT2D eigenvalue weighted by molar-refractivity contribution is -0.116. The van der Waals surface area contributed by atoms with E-state index in [9.17, 15) is 4.79 Å². The molecule has 0 radical (unpaired) electrons. The predicted molar refractivity (Wildman–Crippen MR) is 53.1 cm³/mol.